The van der Waals surface area contributed by atoms with Crippen LogP contribution in [-0.2, 0) is 9.59 Å². The van der Waals surface area contributed by atoms with Gasteiger partial charge in [-0.1, -0.05) is 0 Å². The number of aromatic nitrogens is 4. The molecule has 0 radical (unpaired) electrons. The first-order valence-corrected chi connectivity index (χ1v) is 9.02. The number of fused-ring (bicyclic) bond motifs is 1. The molecule has 9 nitrogen and oxygen atoms in total. The van der Waals surface area contributed by atoms with Gasteiger partial charge in [-0.3, -0.25) is 9.59 Å². The normalized spacial score (nSPS) is 21.3. The average molecular weight is 357 g/mol. The number of nitrogens with zero attached hydrogens (tertiary/aromatic N) is 6. The van der Waals surface area contributed by atoms with E-state index in [4.69, 9.17) is 0 Å². The molecule has 0 saturated carbocycles. The highest BCUT2D eigenvalue weighted by Gasteiger charge is 2.38. The van der Waals surface area contributed by atoms with Gasteiger partial charge in [0.15, 0.2) is 11.5 Å². The van der Waals surface area contributed by atoms with Crippen molar-refractivity contribution in [3.63, 3.8) is 0 Å². The Morgan fingerprint density at radius 3 is 2.65 bits per heavy atom. The summed E-state index contributed by atoms with van der Waals surface area (Å²) in [6.07, 6.45) is 3.46. The topological polar surface area (TPSA) is 98.3 Å². The number of carbonyl (C=O) groups excluding carboxylic acids is 2. The summed E-state index contributed by atoms with van der Waals surface area (Å²) < 4.78 is 0. The van der Waals surface area contributed by atoms with Gasteiger partial charge in [0.2, 0.25) is 11.8 Å². The number of aromatic amines is 1. The molecule has 0 unspecified atom stereocenters. The van der Waals surface area contributed by atoms with Crippen LogP contribution in [-0.4, -0.2) is 80.3 Å². The van der Waals surface area contributed by atoms with E-state index in [2.05, 4.69) is 24.8 Å². The number of rotatable bonds is 3. The minimum atomic E-state index is -0.213. The van der Waals surface area contributed by atoms with Crippen LogP contribution in [0.15, 0.2) is 12.7 Å². The smallest absolute Gasteiger partial charge is 0.228 e. The maximum atomic E-state index is 12.8. The van der Waals surface area contributed by atoms with E-state index in [1.54, 1.807) is 11.2 Å². The van der Waals surface area contributed by atoms with E-state index in [1.165, 1.54) is 6.33 Å². The lowest BCUT2D eigenvalue weighted by Gasteiger charge is -2.36. The van der Waals surface area contributed by atoms with Crippen molar-refractivity contribution < 1.29 is 9.59 Å². The largest absolute Gasteiger partial charge is 0.351 e. The molecule has 2 aliphatic rings. The number of hydrogen-bond donors (Lipinski definition) is 1. The number of H-pyrrole nitrogens is 1. The summed E-state index contributed by atoms with van der Waals surface area (Å²) >= 11 is 0. The Hall–Kier alpha value is -2.71. The van der Waals surface area contributed by atoms with Crippen molar-refractivity contribution in [2.75, 3.05) is 37.6 Å². The summed E-state index contributed by atoms with van der Waals surface area (Å²) in [5.41, 5.74) is 1.47. The molecule has 2 amide bonds. The predicted molar refractivity (Wildman–Crippen MR) is 95.4 cm³/mol. The summed E-state index contributed by atoms with van der Waals surface area (Å²) in [7, 11) is 0. The Morgan fingerprint density at radius 1 is 1.19 bits per heavy atom. The molecule has 138 valence electrons. The summed E-state index contributed by atoms with van der Waals surface area (Å²) in [6.45, 7) is 7.17. The second-order valence-electron chi connectivity index (χ2n) is 7.15. The molecule has 2 fully saturated rings. The minimum Gasteiger partial charge on any atom is -0.351 e. The molecular weight excluding hydrogens is 334 g/mol. The number of carbonyl (C=O) groups is 2. The maximum Gasteiger partial charge on any atom is 0.228 e. The van der Waals surface area contributed by atoms with Crippen LogP contribution in [0.5, 0.6) is 0 Å². The van der Waals surface area contributed by atoms with Gasteiger partial charge < -0.3 is 19.7 Å². The van der Waals surface area contributed by atoms with Crippen LogP contribution >= 0.6 is 0 Å². The fourth-order valence-electron chi connectivity index (χ4n) is 3.78. The SMILES string of the molecule is CC(C)N1C[C@H](C(=O)N2CCN(c3ncnc4nc[nH]c34)CC2)CC1=O. The minimum absolute atomic E-state index is 0.0830. The summed E-state index contributed by atoms with van der Waals surface area (Å²) in [5, 5.41) is 0. The lowest BCUT2D eigenvalue weighted by molar-refractivity contribution is -0.136. The van der Waals surface area contributed by atoms with Gasteiger partial charge in [0.05, 0.1) is 12.2 Å². The van der Waals surface area contributed by atoms with Crippen LogP contribution in [0, 0.1) is 5.92 Å². The molecule has 4 rings (SSSR count). The first kappa shape index (κ1) is 16.7. The van der Waals surface area contributed by atoms with E-state index < -0.39 is 0 Å². The molecule has 2 aromatic rings. The van der Waals surface area contributed by atoms with Gasteiger partial charge in [0.1, 0.15) is 11.8 Å². The van der Waals surface area contributed by atoms with Crippen molar-refractivity contribution in [1.29, 1.82) is 0 Å². The van der Waals surface area contributed by atoms with Crippen LogP contribution in [0.1, 0.15) is 20.3 Å². The molecular formula is C17H23N7O2. The number of nitrogens with one attached hydrogen (secondary N) is 1. The van der Waals surface area contributed by atoms with Crippen LogP contribution in [0.25, 0.3) is 11.2 Å². The van der Waals surface area contributed by atoms with Crippen LogP contribution in [0.2, 0.25) is 0 Å². The average Bonchev–Trinajstić information content (AvgIpc) is 3.27. The molecule has 0 aromatic carbocycles. The number of likely N-dealkylation sites (tertiary alicyclic amines) is 1. The highest BCUT2D eigenvalue weighted by atomic mass is 16.2. The molecule has 0 spiro atoms. The Labute approximate surface area is 151 Å². The van der Waals surface area contributed by atoms with Gasteiger partial charge in [-0.25, -0.2) is 15.0 Å². The first-order chi connectivity index (χ1) is 12.5. The van der Waals surface area contributed by atoms with Crippen LogP contribution in [0.3, 0.4) is 0 Å². The number of amides is 2. The lowest BCUT2D eigenvalue weighted by Crippen LogP contribution is -2.51. The third kappa shape index (κ3) is 2.87. The van der Waals surface area contributed by atoms with Gasteiger partial charge in [0.25, 0.3) is 0 Å². The van der Waals surface area contributed by atoms with Gasteiger partial charge >= 0.3 is 0 Å². The zero-order chi connectivity index (χ0) is 18.3. The summed E-state index contributed by atoms with van der Waals surface area (Å²) in [5.74, 6) is 0.784. The molecule has 2 saturated heterocycles. The number of imidazole rings is 1. The Kier molecular flexibility index (Phi) is 4.21. The van der Waals surface area contributed by atoms with E-state index in [0.29, 0.717) is 44.8 Å². The monoisotopic (exact) mass is 357 g/mol. The quantitative estimate of drug-likeness (QED) is 0.846. The van der Waals surface area contributed by atoms with E-state index >= 15 is 0 Å². The molecule has 0 bridgehead atoms. The van der Waals surface area contributed by atoms with Gasteiger partial charge in [-0.15, -0.1) is 0 Å². The zero-order valence-corrected chi connectivity index (χ0v) is 15.1. The molecule has 1 N–H and O–H groups in total. The Morgan fingerprint density at radius 2 is 1.96 bits per heavy atom. The van der Waals surface area contributed by atoms with Gasteiger partial charge in [-0.2, -0.15) is 0 Å². The fourth-order valence-corrected chi connectivity index (χ4v) is 3.78. The van der Waals surface area contributed by atoms with Crippen molar-refractivity contribution in [1.82, 2.24) is 29.7 Å². The second-order valence-corrected chi connectivity index (χ2v) is 7.15. The van der Waals surface area contributed by atoms with Gasteiger partial charge in [-0.05, 0) is 13.8 Å². The number of anilines is 1. The van der Waals surface area contributed by atoms with E-state index in [-0.39, 0.29) is 23.8 Å². The molecule has 9 heteroatoms. The summed E-state index contributed by atoms with van der Waals surface area (Å²) in [6, 6.07) is 0.145. The lowest BCUT2D eigenvalue weighted by atomic mass is 10.1. The third-order valence-corrected chi connectivity index (χ3v) is 5.22. The highest BCUT2D eigenvalue weighted by molar-refractivity contribution is 5.89. The van der Waals surface area contributed by atoms with E-state index in [9.17, 15) is 9.59 Å². The molecule has 1 atom stereocenters. The summed E-state index contributed by atoms with van der Waals surface area (Å²) in [4.78, 5) is 46.5. The molecule has 2 aromatic heterocycles. The Balaban J connectivity index is 1.40. The maximum absolute atomic E-state index is 12.8. The van der Waals surface area contributed by atoms with Crippen molar-refractivity contribution in [2.24, 2.45) is 5.92 Å². The van der Waals surface area contributed by atoms with Gasteiger partial charge in [0, 0.05) is 45.2 Å². The molecule has 0 aliphatic carbocycles. The zero-order valence-electron chi connectivity index (χ0n) is 15.1. The number of hydrogen-bond acceptors (Lipinski definition) is 6. The van der Waals surface area contributed by atoms with E-state index in [0.717, 1.165) is 11.3 Å². The molecule has 4 heterocycles. The number of piperazine rings is 1. The van der Waals surface area contributed by atoms with Crippen molar-refractivity contribution >= 4 is 28.8 Å². The van der Waals surface area contributed by atoms with Crippen LogP contribution < -0.4 is 4.90 Å². The third-order valence-electron chi connectivity index (χ3n) is 5.22. The first-order valence-electron chi connectivity index (χ1n) is 9.02. The van der Waals surface area contributed by atoms with Crippen molar-refractivity contribution in [3.05, 3.63) is 12.7 Å². The van der Waals surface area contributed by atoms with Crippen LogP contribution in [0.4, 0.5) is 5.82 Å². The molecule has 2 aliphatic heterocycles. The van der Waals surface area contributed by atoms with Crippen molar-refractivity contribution in [3.8, 4) is 0 Å². The second kappa shape index (κ2) is 6.54. The van der Waals surface area contributed by atoms with Crippen molar-refractivity contribution in [2.45, 2.75) is 26.3 Å². The standard InChI is InChI=1S/C17H23N7O2/c1-11(2)24-8-12(7-13(24)25)17(26)23-5-3-22(4-6-23)16-14-15(19-9-18-14)20-10-21-16/h9-12H,3-8H2,1-2H3,(H,18,19,20,21)/t12-/m1/s1. The van der Waals surface area contributed by atoms with E-state index in [1.807, 2.05) is 18.7 Å². The fraction of sp³-hybridized carbons (Fsp3) is 0.588. The molecule has 26 heavy (non-hydrogen) atoms. The highest BCUT2D eigenvalue weighted by Crippen LogP contribution is 2.24. The predicted octanol–water partition coefficient (Wildman–Crippen LogP) is 0.258. The Bertz CT molecular complexity index is 825.